The standard InChI is InChI=1S/C31H50O4/c1-23(31(33)35-30(26-18-10-4-11-19-26)27-20-12-5-13-21-27)22-28(32)34-29(24-14-6-2-7-15-24)25-16-8-3-9-17-25/h24-27,29-30H,1-22H2. The van der Waals surface area contributed by atoms with Gasteiger partial charge in [0.05, 0.1) is 6.42 Å². The van der Waals surface area contributed by atoms with E-state index in [9.17, 15) is 9.59 Å². The molecule has 0 aromatic carbocycles. The zero-order valence-corrected chi connectivity index (χ0v) is 22.2. The SMILES string of the molecule is C=C(CC(=O)OC(C1CCCCC1)C1CCCCC1)C(=O)OC(C1CCCCC1)C1CCCCC1. The second-order valence-electron chi connectivity index (χ2n) is 12.2. The van der Waals surface area contributed by atoms with Crippen LogP contribution >= 0.6 is 0 Å². The Balaban J connectivity index is 1.33. The van der Waals surface area contributed by atoms with Crippen molar-refractivity contribution < 1.29 is 19.1 Å². The zero-order valence-electron chi connectivity index (χ0n) is 22.2. The van der Waals surface area contributed by atoms with E-state index in [1.54, 1.807) is 0 Å². The van der Waals surface area contributed by atoms with Crippen LogP contribution in [0.25, 0.3) is 0 Å². The normalized spacial score (nSPS) is 23.9. The van der Waals surface area contributed by atoms with E-state index in [0.717, 1.165) is 25.7 Å². The number of hydrogen-bond donors (Lipinski definition) is 0. The highest BCUT2D eigenvalue weighted by Crippen LogP contribution is 2.39. The minimum Gasteiger partial charge on any atom is -0.462 e. The highest BCUT2D eigenvalue weighted by molar-refractivity contribution is 5.93. The predicted octanol–water partition coefficient (Wildman–Crippen LogP) is 8.08. The van der Waals surface area contributed by atoms with Gasteiger partial charge in [-0.05, 0) is 75.0 Å². The first-order valence-electron chi connectivity index (χ1n) is 15.2. The second-order valence-corrected chi connectivity index (χ2v) is 12.2. The highest BCUT2D eigenvalue weighted by Gasteiger charge is 2.37. The fraction of sp³-hybridized carbons (Fsp3) is 0.871. The third-order valence-electron chi connectivity index (χ3n) is 9.61. The minimum absolute atomic E-state index is 0.00639. The number of hydrogen-bond acceptors (Lipinski definition) is 4. The Morgan fingerprint density at radius 1 is 0.543 bits per heavy atom. The van der Waals surface area contributed by atoms with Gasteiger partial charge in [-0.3, -0.25) is 4.79 Å². The topological polar surface area (TPSA) is 52.6 Å². The molecular formula is C31H50O4. The lowest BCUT2D eigenvalue weighted by atomic mass is 9.75. The van der Waals surface area contributed by atoms with E-state index in [2.05, 4.69) is 6.58 Å². The van der Waals surface area contributed by atoms with E-state index in [1.807, 2.05) is 0 Å². The van der Waals surface area contributed by atoms with Crippen molar-refractivity contribution in [1.29, 1.82) is 0 Å². The number of ether oxygens (including phenoxy) is 2. The lowest BCUT2D eigenvalue weighted by Gasteiger charge is -2.37. The Kier molecular flexibility index (Phi) is 10.6. The maximum atomic E-state index is 13.1. The lowest BCUT2D eigenvalue weighted by Crippen LogP contribution is -2.38. The summed E-state index contributed by atoms with van der Waals surface area (Å²) < 4.78 is 12.4. The van der Waals surface area contributed by atoms with Crippen molar-refractivity contribution in [3.8, 4) is 0 Å². The molecule has 0 aromatic rings. The van der Waals surface area contributed by atoms with Crippen molar-refractivity contribution in [1.82, 2.24) is 0 Å². The van der Waals surface area contributed by atoms with Crippen LogP contribution in [0.3, 0.4) is 0 Å². The van der Waals surface area contributed by atoms with Crippen LogP contribution in [0.5, 0.6) is 0 Å². The average molecular weight is 487 g/mol. The molecule has 4 aliphatic rings. The van der Waals surface area contributed by atoms with Crippen LogP contribution in [-0.4, -0.2) is 24.1 Å². The molecule has 4 fully saturated rings. The predicted molar refractivity (Wildman–Crippen MR) is 140 cm³/mol. The quantitative estimate of drug-likeness (QED) is 0.244. The Labute approximate surface area is 214 Å². The molecule has 0 saturated heterocycles. The van der Waals surface area contributed by atoms with Crippen LogP contribution in [0.4, 0.5) is 0 Å². The second kappa shape index (κ2) is 13.8. The van der Waals surface area contributed by atoms with Gasteiger partial charge in [0.25, 0.3) is 0 Å². The molecule has 0 bridgehead atoms. The van der Waals surface area contributed by atoms with Crippen LogP contribution in [0, 0.1) is 23.7 Å². The molecule has 4 nitrogen and oxygen atoms in total. The lowest BCUT2D eigenvalue weighted by molar-refractivity contribution is -0.160. The molecule has 4 heteroatoms. The van der Waals surface area contributed by atoms with Gasteiger partial charge in [-0.2, -0.15) is 0 Å². The van der Waals surface area contributed by atoms with E-state index in [4.69, 9.17) is 9.47 Å². The molecular weight excluding hydrogens is 436 g/mol. The third-order valence-corrected chi connectivity index (χ3v) is 9.61. The molecule has 198 valence electrons. The molecule has 0 heterocycles. The van der Waals surface area contributed by atoms with Gasteiger partial charge in [-0.15, -0.1) is 0 Å². The van der Waals surface area contributed by atoms with E-state index < -0.39 is 0 Å². The van der Waals surface area contributed by atoms with Crippen molar-refractivity contribution in [2.24, 2.45) is 23.7 Å². The van der Waals surface area contributed by atoms with Crippen molar-refractivity contribution in [3.63, 3.8) is 0 Å². The summed E-state index contributed by atoms with van der Waals surface area (Å²) in [5.41, 5.74) is 0.276. The van der Waals surface area contributed by atoms with Gasteiger partial charge in [-0.25, -0.2) is 4.79 Å². The van der Waals surface area contributed by atoms with Gasteiger partial charge in [0.1, 0.15) is 12.2 Å². The Morgan fingerprint density at radius 3 is 1.20 bits per heavy atom. The van der Waals surface area contributed by atoms with Crippen molar-refractivity contribution in [3.05, 3.63) is 12.2 Å². The van der Waals surface area contributed by atoms with E-state index in [1.165, 1.54) is 103 Å². The molecule has 0 aliphatic heterocycles. The molecule has 0 spiro atoms. The first-order chi connectivity index (χ1) is 17.1. The maximum Gasteiger partial charge on any atom is 0.334 e. The molecule has 4 saturated carbocycles. The fourth-order valence-electron chi connectivity index (χ4n) is 7.65. The molecule has 4 rings (SSSR count). The summed E-state index contributed by atoms with van der Waals surface area (Å²) in [4.78, 5) is 26.2. The van der Waals surface area contributed by atoms with Gasteiger partial charge in [0.2, 0.25) is 0 Å². The van der Waals surface area contributed by atoms with Gasteiger partial charge in [0.15, 0.2) is 0 Å². The third kappa shape index (κ3) is 7.83. The maximum absolute atomic E-state index is 13.1. The summed E-state index contributed by atoms with van der Waals surface area (Å²) in [5, 5.41) is 0. The van der Waals surface area contributed by atoms with Gasteiger partial charge < -0.3 is 9.47 Å². The zero-order chi connectivity index (χ0) is 24.5. The van der Waals surface area contributed by atoms with Crippen LogP contribution in [-0.2, 0) is 19.1 Å². The van der Waals surface area contributed by atoms with Crippen LogP contribution in [0.1, 0.15) is 135 Å². The summed E-state index contributed by atoms with van der Waals surface area (Å²) in [5.74, 6) is 1.26. The van der Waals surface area contributed by atoms with E-state index >= 15 is 0 Å². The fourth-order valence-corrected chi connectivity index (χ4v) is 7.65. The van der Waals surface area contributed by atoms with Crippen LogP contribution < -0.4 is 0 Å². The van der Waals surface area contributed by atoms with Crippen molar-refractivity contribution in [2.75, 3.05) is 0 Å². The number of carbonyl (C=O) groups is 2. The van der Waals surface area contributed by atoms with Gasteiger partial charge >= 0.3 is 11.9 Å². The molecule has 0 N–H and O–H groups in total. The Morgan fingerprint density at radius 2 is 0.857 bits per heavy atom. The Hall–Kier alpha value is -1.32. The molecule has 4 aliphatic carbocycles. The highest BCUT2D eigenvalue weighted by atomic mass is 16.6. The summed E-state index contributed by atoms with van der Waals surface area (Å²) in [7, 11) is 0. The van der Waals surface area contributed by atoms with Crippen LogP contribution in [0.2, 0.25) is 0 Å². The van der Waals surface area contributed by atoms with E-state index in [0.29, 0.717) is 23.7 Å². The van der Waals surface area contributed by atoms with Crippen molar-refractivity contribution in [2.45, 2.75) is 147 Å². The number of esters is 2. The first kappa shape index (κ1) is 26.7. The summed E-state index contributed by atoms with van der Waals surface area (Å²) in [6, 6.07) is 0. The molecule has 0 atom stereocenters. The number of carbonyl (C=O) groups excluding carboxylic acids is 2. The minimum atomic E-state index is -0.366. The summed E-state index contributed by atoms with van der Waals surface area (Å²) >= 11 is 0. The van der Waals surface area contributed by atoms with Gasteiger partial charge in [0, 0.05) is 5.57 Å². The molecule has 0 unspecified atom stereocenters. The molecule has 0 amide bonds. The molecule has 0 radical (unpaired) electrons. The molecule has 35 heavy (non-hydrogen) atoms. The number of rotatable bonds is 9. The first-order valence-corrected chi connectivity index (χ1v) is 15.2. The van der Waals surface area contributed by atoms with E-state index in [-0.39, 0.29) is 36.1 Å². The summed E-state index contributed by atoms with van der Waals surface area (Å²) in [6.45, 7) is 3.99. The molecule has 0 aromatic heterocycles. The van der Waals surface area contributed by atoms with Gasteiger partial charge in [-0.1, -0.05) is 83.6 Å². The smallest absolute Gasteiger partial charge is 0.334 e. The average Bonchev–Trinajstić information content (AvgIpc) is 2.92. The summed E-state index contributed by atoms with van der Waals surface area (Å²) in [6.07, 6.45) is 24.4. The largest absolute Gasteiger partial charge is 0.462 e. The van der Waals surface area contributed by atoms with Crippen LogP contribution in [0.15, 0.2) is 12.2 Å². The Bertz CT molecular complexity index is 640. The monoisotopic (exact) mass is 486 g/mol. The van der Waals surface area contributed by atoms with Crippen molar-refractivity contribution >= 4 is 11.9 Å².